The van der Waals surface area contributed by atoms with Crippen molar-refractivity contribution < 1.29 is 4.74 Å². The lowest BCUT2D eigenvalue weighted by molar-refractivity contribution is 0.0620. The summed E-state index contributed by atoms with van der Waals surface area (Å²) in [7, 11) is 4.29. The van der Waals surface area contributed by atoms with Crippen molar-refractivity contribution in [1.82, 2.24) is 4.90 Å². The van der Waals surface area contributed by atoms with Gasteiger partial charge in [0.2, 0.25) is 0 Å². The highest BCUT2D eigenvalue weighted by molar-refractivity contribution is 7.10. The van der Waals surface area contributed by atoms with Crippen LogP contribution in [0.3, 0.4) is 0 Å². The molecule has 1 heterocycles. The first kappa shape index (κ1) is 12.9. The second-order valence-electron chi connectivity index (χ2n) is 4.88. The molecule has 0 bridgehead atoms. The van der Waals surface area contributed by atoms with Gasteiger partial charge in [0.1, 0.15) is 11.9 Å². The average molecular weight is 254 g/mol. The van der Waals surface area contributed by atoms with E-state index in [1.54, 1.807) is 11.3 Å². The van der Waals surface area contributed by atoms with Crippen LogP contribution in [0.25, 0.3) is 0 Å². The van der Waals surface area contributed by atoms with Gasteiger partial charge in [-0.1, -0.05) is 6.42 Å². The molecule has 1 aromatic rings. The molecule has 2 atom stereocenters. The lowest BCUT2D eigenvalue weighted by Gasteiger charge is -2.36. The van der Waals surface area contributed by atoms with Crippen LogP contribution in [-0.4, -0.2) is 31.1 Å². The van der Waals surface area contributed by atoms with Crippen molar-refractivity contribution in [2.45, 2.75) is 44.4 Å². The Morgan fingerprint density at radius 3 is 2.88 bits per heavy atom. The van der Waals surface area contributed by atoms with Gasteiger partial charge in [0.25, 0.3) is 0 Å². The van der Waals surface area contributed by atoms with Gasteiger partial charge >= 0.3 is 0 Å². The first-order chi connectivity index (χ1) is 8.22. The summed E-state index contributed by atoms with van der Waals surface area (Å²) in [5, 5.41) is 2.06. The average Bonchev–Trinajstić information content (AvgIpc) is 2.77. The Hall–Kier alpha value is -0.580. The Labute approximate surface area is 108 Å². The molecular weight excluding hydrogens is 232 g/mol. The van der Waals surface area contributed by atoms with Crippen molar-refractivity contribution >= 4 is 11.3 Å². The van der Waals surface area contributed by atoms with E-state index in [1.807, 2.05) is 6.07 Å². The quantitative estimate of drug-likeness (QED) is 0.897. The van der Waals surface area contributed by atoms with Gasteiger partial charge in [0.15, 0.2) is 0 Å². The smallest absolute Gasteiger partial charge is 0.134 e. The molecule has 4 heteroatoms. The van der Waals surface area contributed by atoms with Gasteiger partial charge < -0.3 is 15.4 Å². The highest BCUT2D eigenvalue weighted by Crippen LogP contribution is 2.30. The number of hydrogen-bond donors (Lipinski definition) is 1. The monoisotopic (exact) mass is 254 g/mol. The Balaban J connectivity index is 2.05. The van der Waals surface area contributed by atoms with E-state index in [0.29, 0.717) is 18.7 Å². The fourth-order valence-electron chi connectivity index (χ4n) is 2.55. The van der Waals surface area contributed by atoms with Gasteiger partial charge in [-0.15, -0.1) is 11.3 Å². The van der Waals surface area contributed by atoms with Crippen LogP contribution in [0, 0.1) is 0 Å². The van der Waals surface area contributed by atoms with Crippen LogP contribution >= 0.6 is 11.3 Å². The van der Waals surface area contributed by atoms with Crippen molar-refractivity contribution in [2.75, 3.05) is 14.1 Å². The standard InChI is InChI=1S/C13H22N2OS/c1-15(2)10-5-3-4-6-11(10)16-12-7-8-17-13(12)9-14/h7-8,10-11H,3-6,9,14H2,1-2H3. The summed E-state index contributed by atoms with van der Waals surface area (Å²) < 4.78 is 6.18. The summed E-state index contributed by atoms with van der Waals surface area (Å²) in [6.45, 7) is 0.576. The molecule has 1 aromatic heterocycles. The maximum Gasteiger partial charge on any atom is 0.134 e. The molecule has 17 heavy (non-hydrogen) atoms. The van der Waals surface area contributed by atoms with E-state index in [-0.39, 0.29) is 0 Å². The highest BCUT2D eigenvalue weighted by Gasteiger charge is 2.28. The molecule has 0 amide bonds. The van der Waals surface area contributed by atoms with Crippen LogP contribution in [0.5, 0.6) is 5.75 Å². The second kappa shape index (κ2) is 5.85. The zero-order valence-corrected chi connectivity index (χ0v) is 11.5. The molecule has 2 unspecified atom stereocenters. The van der Waals surface area contributed by atoms with Crippen LogP contribution in [0.2, 0.25) is 0 Å². The number of rotatable bonds is 4. The molecule has 0 aliphatic heterocycles. The molecule has 1 saturated carbocycles. The SMILES string of the molecule is CN(C)C1CCCCC1Oc1ccsc1CN. The maximum absolute atomic E-state index is 6.18. The van der Waals surface area contributed by atoms with E-state index in [1.165, 1.54) is 19.3 Å². The fraction of sp³-hybridized carbons (Fsp3) is 0.692. The van der Waals surface area contributed by atoms with E-state index in [0.717, 1.165) is 17.0 Å². The molecule has 2 rings (SSSR count). The third-order valence-corrected chi connectivity index (χ3v) is 4.42. The van der Waals surface area contributed by atoms with E-state index in [9.17, 15) is 0 Å². The number of hydrogen-bond acceptors (Lipinski definition) is 4. The lowest BCUT2D eigenvalue weighted by atomic mass is 9.91. The molecule has 2 N–H and O–H groups in total. The Kier molecular flexibility index (Phi) is 4.42. The van der Waals surface area contributed by atoms with Crippen molar-refractivity contribution in [3.05, 3.63) is 16.3 Å². The third-order valence-electron chi connectivity index (χ3n) is 3.50. The molecule has 96 valence electrons. The number of nitrogens with two attached hydrogens (primary N) is 1. The van der Waals surface area contributed by atoms with E-state index < -0.39 is 0 Å². The second-order valence-corrected chi connectivity index (χ2v) is 5.88. The minimum absolute atomic E-state index is 0.318. The van der Waals surface area contributed by atoms with Crippen molar-refractivity contribution in [3.8, 4) is 5.75 Å². The molecular formula is C13H22N2OS. The first-order valence-electron chi connectivity index (χ1n) is 6.32. The summed E-state index contributed by atoms with van der Waals surface area (Å²) >= 11 is 1.68. The number of likely N-dealkylation sites (N-methyl/N-ethyl adjacent to an activating group) is 1. The van der Waals surface area contributed by atoms with Crippen LogP contribution in [-0.2, 0) is 6.54 Å². The van der Waals surface area contributed by atoms with Crippen molar-refractivity contribution in [1.29, 1.82) is 0 Å². The summed E-state index contributed by atoms with van der Waals surface area (Å²) in [6, 6.07) is 2.59. The largest absolute Gasteiger partial charge is 0.488 e. The molecule has 0 saturated heterocycles. The maximum atomic E-state index is 6.18. The summed E-state index contributed by atoms with van der Waals surface area (Å²) in [5.41, 5.74) is 5.71. The van der Waals surface area contributed by atoms with Gasteiger partial charge in [0, 0.05) is 12.6 Å². The summed E-state index contributed by atoms with van der Waals surface area (Å²) in [5.74, 6) is 0.997. The molecule has 1 aliphatic carbocycles. The van der Waals surface area contributed by atoms with E-state index >= 15 is 0 Å². The third kappa shape index (κ3) is 3.00. The lowest BCUT2D eigenvalue weighted by Crippen LogP contribution is -2.44. The predicted molar refractivity (Wildman–Crippen MR) is 72.6 cm³/mol. The number of thiophene rings is 1. The summed E-state index contributed by atoms with van der Waals surface area (Å²) in [4.78, 5) is 3.45. The van der Waals surface area contributed by atoms with Crippen LogP contribution in [0.4, 0.5) is 0 Å². The molecule has 0 spiro atoms. The zero-order chi connectivity index (χ0) is 12.3. The van der Waals surface area contributed by atoms with Gasteiger partial charge in [-0.3, -0.25) is 0 Å². The van der Waals surface area contributed by atoms with E-state index in [2.05, 4.69) is 24.4 Å². The predicted octanol–water partition coefficient (Wildman–Crippen LogP) is 2.46. The van der Waals surface area contributed by atoms with Crippen LogP contribution in [0.1, 0.15) is 30.6 Å². The number of ether oxygens (including phenoxy) is 1. The molecule has 1 fully saturated rings. The Morgan fingerprint density at radius 2 is 2.18 bits per heavy atom. The molecule has 3 nitrogen and oxygen atoms in total. The van der Waals surface area contributed by atoms with Crippen LogP contribution < -0.4 is 10.5 Å². The normalized spacial score (nSPS) is 25.2. The van der Waals surface area contributed by atoms with Gasteiger partial charge in [-0.05, 0) is 44.8 Å². The minimum Gasteiger partial charge on any atom is -0.488 e. The van der Waals surface area contributed by atoms with E-state index in [4.69, 9.17) is 10.5 Å². The molecule has 0 radical (unpaired) electrons. The van der Waals surface area contributed by atoms with Gasteiger partial charge in [-0.2, -0.15) is 0 Å². The van der Waals surface area contributed by atoms with Crippen molar-refractivity contribution in [2.24, 2.45) is 5.73 Å². The Bertz CT molecular complexity index is 351. The van der Waals surface area contributed by atoms with Gasteiger partial charge in [-0.25, -0.2) is 0 Å². The van der Waals surface area contributed by atoms with Gasteiger partial charge in [0.05, 0.1) is 4.88 Å². The Morgan fingerprint density at radius 1 is 1.41 bits per heavy atom. The summed E-state index contributed by atoms with van der Waals surface area (Å²) in [6.07, 6.45) is 5.30. The zero-order valence-electron chi connectivity index (χ0n) is 10.7. The fourth-order valence-corrected chi connectivity index (χ4v) is 3.24. The minimum atomic E-state index is 0.318. The topological polar surface area (TPSA) is 38.5 Å². The molecule has 0 aromatic carbocycles. The number of nitrogens with zero attached hydrogens (tertiary/aromatic N) is 1. The highest BCUT2D eigenvalue weighted by atomic mass is 32.1. The van der Waals surface area contributed by atoms with Crippen molar-refractivity contribution in [3.63, 3.8) is 0 Å². The molecule has 1 aliphatic rings. The first-order valence-corrected chi connectivity index (χ1v) is 7.20. The van der Waals surface area contributed by atoms with Crippen LogP contribution in [0.15, 0.2) is 11.4 Å².